The van der Waals surface area contributed by atoms with Gasteiger partial charge in [-0.25, -0.2) is 44.7 Å². The molecule has 2 amide bonds. The number of hydrogen-bond acceptors (Lipinski definition) is 13. The fraction of sp³-hybridized carbons (Fsp3) is 0.385. The molecule has 2 aliphatic rings. The fourth-order valence-corrected chi connectivity index (χ4v) is 8.31. The molecule has 4 heterocycles. The number of rotatable bonds is 12. The van der Waals surface area contributed by atoms with Crippen LogP contribution in [0.15, 0.2) is 53.4 Å². The smallest absolute Gasteiger partial charge is 0.521 e. The lowest BCUT2D eigenvalue weighted by Crippen LogP contribution is -2.44. The normalized spacial score (nSPS) is 14.8. The third kappa shape index (κ3) is 14.7. The van der Waals surface area contributed by atoms with Crippen LogP contribution < -0.4 is 15.3 Å². The summed E-state index contributed by atoms with van der Waals surface area (Å²) in [7, 11) is -7.27. The molecule has 0 saturated carbocycles. The molecular formula is C39H39F12N10O8PS. The standard InChI is InChI=1S/C23H21F6N5O3S.C16H15F6N5O.HO4P.H2/c1-13-2-4-16(5-3-13)38(36,37)32-15(8-14-9-18(25)19(26)11-17(14)24)10-21(35)33-6-7-34-20(12-33)30-31-22(34)23(27,28)29;17-10-6-12(19)11(18)4-8(10)3-9(23)5-14(28)26-1-2-27-13(7-26)24-25-15(27)16(20,21)22;1-4-5(2)3;/h2-5,9,11,15,32H,6-8,10,12H2,1H3;4,6,9H,1-3,5,7,23H2;1H;1H/t15-;9-;;/m11../s1. The van der Waals surface area contributed by atoms with E-state index in [0.717, 1.165) is 14.7 Å². The summed E-state index contributed by atoms with van der Waals surface area (Å²) in [4.78, 5) is 36.7. The van der Waals surface area contributed by atoms with Gasteiger partial charge in [-0.1, -0.05) is 17.7 Å². The first-order valence-corrected chi connectivity index (χ1v) is 22.8. The van der Waals surface area contributed by atoms with Gasteiger partial charge in [-0.2, -0.15) is 26.3 Å². The van der Waals surface area contributed by atoms with E-state index < -0.39 is 114 Å². The number of nitrogens with zero attached hydrogens (tertiary/aromatic N) is 8. The summed E-state index contributed by atoms with van der Waals surface area (Å²) in [5.41, 5.74) is 6.05. The number of carbonyl (C=O) groups is 2. The quantitative estimate of drug-likeness (QED) is 0.0485. The molecule has 0 fully saturated rings. The van der Waals surface area contributed by atoms with Crippen LogP contribution in [0.5, 0.6) is 0 Å². The topological polar surface area (TPSA) is 244 Å². The highest BCUT2D eigenvalue weighted by atomic mass is 32.2. The van der Waals surface area contributed by atoms with Gasteiger partial charge >= 0.3 is 20.6 Å². The number of nitrogens with two attached hydrogens (primary N) is 1. The zero-order chi connectivity index (χ0) is 52.7. The molecule has 71 heavy (non-hydrogen) atoms. The van der Waals surface area contributed by atoms with Crippen LogP contribution in [0, 0.1) is 41.8 Å². The first-order valence-electron chi connectivity index (χ1n) is 20.2. The number of nitrogens with one attached hydrogen (secondary N) is 1. The number of sulfonamides is 1. The van der Waals surface area contributed by atoms with Crippen molar-refractivity contribution in [1.29, 1.82) is 0 Å². The molecule has 0 radical (unpaired) electrons. The molecule has 2 aliphatic heterocycles. The zero-order valence-corrected chi connectivity index (χ0v) is 37.9. The lowest BCUT2D eigenvalue weighted by atomic mass is 10.0. The van der Waals surface area contributed by atoms with Crippen molar-refractivity contribution in [3.8, 4) is 0 Å². The summed E-state index contributed by atoms with van der Waals surface area (Å²) in [5.74, 6) is -11.1. The van der Waals surface area contributed by atoms with E-state index in [2.05, 4.69) is 29.8 Å². The lowest BCUT2D eigenvalue weighted by molar-refractivity contribution is -0.244. The van der Waals surface area contributed by atoms with E-state index in [9.17, 15) is 70.7 Å². The van der Waals surface area contributed by atoms with E-state index in [1.807, 2.05) is 0 Å². The monoisotopic (exact) mass is 1070 g/mol. The third-order valence-corrected chi connectivity index (χ3v) is 12.1. The SMILES string of the molecule is Cc1ccc(S(=O)(=O)N[C@@H](CC(=O)N2CCn3c(nnc3C(F)(F)F)C2)Cc2cc(F)c(F)cc2F)cc1.N[C@@H](CC(=O)N1CCn2c(nnc2C(F)(F)F)C1)Cc1cc(F)c(F)cc1F.O=[P+]([O-])OO.[HH]. The maximum Gasteiger partial charge on any atom is 0.521 e. The molecule has 0 aliphatic carbocycles. The third-order valence-electron chi connectivity index (χ3n) is 10.4. The van der Waals surface area contributed by atoms with Gasteiger partial charge in [0.2, 0.25) is 33.5 Å². The molecule has 32 heteroatoms. The van der Waals surface area contributed by atoms with E-state index in [0.29, 0.717) is 24.3 Å². The van der Waals surface area contributed by atoms with E-state index in [-0.39, 0.29) is 81.2 Å². The number of alkyl halides is 6. The molecule has 18 nitrogen and oxygen atoms in total. The Morgan fingerprint density at radius 1 is 0.732 bits per heavy atom. The number of amides is 2. The molecule has 0 spiro atoms. The minimum atomic E-state index is -4.73. The summed E-state index contributed by atoms with van der Waals surface area (Å²) >= 11 is 0. The largest absolute Gasteiger partial charge is 0.565 e. The zero-order valence-electron chi connectivity index (χ0n) is 36.2. The highest BCUT2D eigenvalue weighted by Gasteiger charge is 2.41. The maximum absolute atomic E-state index is 14.4. The van der Waals surface area contributed by atoms with Crippen molar-refractivity contribution in [2.24, 2.45) is 5.73 Å². The van der Waals surface area contributed by atoms with Gasteiger partial charge in [0.05, 0.1) is 18.0 Å². The highest BCUT2D eigenvalue weighted by molar-refractivity contribution is 7.89. The summed E-state index contributed by atoms with van der Waals surface area (Å²) in [5, 5.41) is 20.3. The lowest BCUT2D eigenvalue weighted by Gasteiger charge is -2.29. The van der Waals surface area contributed by atoms with Crippen molar-refractivity contribution < 1.29 is 91.5 Å². The van der Waals surface area contributed by atoms with Crippen molar-refractivity contribution in [2.75, 3.05) is 13.1 Å². The number of carbonyl (C=O) groups excluding carboxylic acids is 2. The van der Waals surface area contributed by atoms with E-state index >= 15 is 0 Å². The number of benzene rings is 3. The Hall–Kier alpha value is -6.11. The highest BCUT2D eigenvalue weighted by Crippen LogP contribution is 2.31. The van der Waals surface area contributed by atoms with Crippen LogP contribution >= 0.6 is 8.25 Å². The van der Waals surface area contributed by atoms with E-state index in [1.165, 1.54) is 21.9 Å². The van der Waals surface area contributed by atoms with Crippen molar-refractivity contribution in [3.05, 3.63) is 123 Å². The average molecular weight is 1070 g/mol. The molecule has 3 aromatic carbocycles. The average Bonchev–Trinajstić information content (AvgIpc) is 3.93. The number of halogens is 12. The van der Waals surface area contributed by atoms with Crippen LogP contribution in [0.2, 0.25) is 0 Å². The van der Waals surface area contributed by atoms with Crippen molar-refractivity contribution in [1.82, 2.24) is 44.1 Å². The van der Waals surface area contributed by atoms with Crippen molar-refractivity contribution in [2.45, 2.75) is 88.1 Å². The van der Waals surface area contributed by atoms with Gasteiger partial charge in [0.1, 0.15) is 11.6 Å². The molecule has 0 saturated heterocycles. The second-order valence-corrected chi connectivity index (χ2v) is 17.9. The second kappa shape index (κ2) is 23.0. The van der Waals surface area contributed by atoms with Gasteiger partial charge in [0, 0.05) is 69.3 Å². The predicted octanol–water partition coefficient (Wildman–Crippen LogP) is 5.10. The Morgan fingerprint density at radius 3 is 1.56 bits per heavy atom. The van der Waals surface area contributed by atoms with Crippen LogP contribution in [0.4, 0.5) is 52.7 Å². The van der Waals surface area contributed by atoms with Crippen LogP contribution in [-0.2, 0) is 80.2 Å². The second-order valence-electron chi connectivity index (χ2n) is 15.5. The summed E-state index contributed by atoms with van der Waals surface area (Å²) in [6.07, 6.45) is -10.9. The Morgan fingerprint density at radius 2 is 1.14 bits per heavy atom. The van der Waals surface area contributed by atoms with Gasteiger partial charge in [-0.3, -0.25) is 9.59 Å². The maximum atomic E-state index is 14.4. The Balaban J connectivity index is 0.000000292. The minimum absolute atomic E-state index is 0. The number of fused-ring (bicyclic) bond motifs is 2. The number of aryl methyl sites for hydroxylation is 1. The Bertz CT molecular complexity index is 2860. The molecule has 7 rings (SSSR count). The molecule has 1 unspecified atom stereocenters. The molecule has 3 atom stereocenters. The van der Waals surface area contributed by atoms with Crippen LogP contribution in [0.25, 0.3) is 0 Å². The Kier molecular flexibility index (Phi) is 18.1. The molecular weight excluding hydrogens is 1030 g/mol. The minimum Gasteiger partial charge on any atom is -0.565 e. The van der Waals surface area contributed by atoms with E-state index in [1.54, 1.807) is 19.1 Å². The first-order chi connectivity index (χ1) is 33.1. The van der Waals surface area contributed by atoms with Crippen LogP contribution in [0.1, 0.15) is 54.3 Å². The molecule has 388 valence electrons. The molecule has 5 aromatic rings. The number of aromatic nitrogens is 6. The fourth-order valence-electron chi connectivity index (χ4n) is 7.07. The summed E-state index contributed by atoms with van der Waals surface area (Å²) in [6, 6.07) is 5.50. The van der Waals surface area contributed by atoms with Crippen molar-refractivity contribution in [3.63, 3.8) is 0 Å². The van der Waals surface area contributed by atoms with Gasteiger partial charge in [-0.05, 0) is 59.7 Å². The summed E-state index contributed by atoms with van der Waals surface area (Å²) < 4.78 is 201. The van der Waals surface area contributed by atoms with Gasteiger partial charge < -0.3 is 29.6 Å². The van der Waals surface area contributed by atoms with Crippen LogP contribution in [0.3, 0.4) is 0 Å². The predicted molar refractivity (Wildman–Crippen MR) is 217 cm³/mol. The van der Waals surface area contributed by atoms with Gasteiger partial charge in [-0.15, -0.1) is 20.4 Å². The molecule has 2 aromatic heterocycles. The number of hydrogen-bond donors (Lipinski definition) is 3. The van der Waals surface area contributed by atoms with Crippen molar-refractivity contribution >= 4 is 30.1 Å². The van der Waals surface area contributed by atoms with E-state index in [4.69, 9.17) is 20.4 Å². The molecule has 0 bridgehead atoms. The summed E-state index contributed by atoms with van der Waals surface area (Å²) in [6.45, 7) is 0.723. The van der Waals surface area contributed by atoms with Gasteiger partial charge in [0.15, 0.2) is 34.9 Å². The van der Waals surface area contributed by atoms with Gasteiger partial charge in [0.25, 0.3) is 0 Å². The molecule has 4 N–H and O–H groups in total. The van der Waals surface area contributed by atoms with Crippen LogP contribution in [-0.4, -0.2) is 90.0 Å². The Labute approximate surface area is 395 Å². The first kappa shape index (κ1) is 55.8.